The Kier molecular flexibility index (Phi) is 4.27. The molecule has 2 aromatic rings. The Morgan fingerprint density at radius 2 is 2.00 bits per heavy atom. The summed E-state index contributed by atoms with van der Waals surface area (Å²) in [6.45, 7) is 6.03. The number of aliphatic hydroxyl groups excluding tert-OH is 1. The van der Waals surface area contributed by atoms with E-state index in [1.54, 1.807) is 6.20 Å². The van der Waals surface area contributed by atoms with E-state index in [2.05, 4.69) is 22.0 Å². The van der Waals surface area contributed by atoms with Gasteiger partial charge in [-0.25, -0.2) is 9.67 Å². The van der Waals surface area contributed by atoms with Crippen LogP contribution in [-0.4, -0.2) is 24.9 Å². The van der Waals surface area contributed by atoms with Crippen molar-refractivity contribution in [3.8, 4) is 5.69 Å². The lowest BCUT2D eigenvalue weighted by molar-refractivity contribution is 0.169. The molecule has 5 heteroatoms. The summed E-state index contributed by atoms with van der Waals surface area (Å²) < 4.78 is 1.83. The van der Waals surface area contributed by atoms with Crippen molar-refractivity contribution in [1.29, 1.82) is 0 Å². The highest BCUT2D eigenvalue weighted by atomic mass is 16.3. The Morgan fingerprint density at radius 3 is 2.53 bits per heavy atom. The van der Waals surface area contributed by atoms with E-state index in [1.165, 1.54) is 0 Å². The van der Waals surface area contributed by atoms with E-state index in [4.69, 9.17) is 0 Å². The largest absolute Gasteiger partial charge is 0.387 e. The zero-order valence-electron chi connectivity index (χ0n) is 11.7. The Balaban J connectivity index is 2.34. The van der Waals surface area contributed by atoms with Gasteiger partial charge < -0.3 is 5.11 Å². The number of aromatic nitrogens is 4. The van der Waals surface area contributed by atoms with Gasteiger partial charge in [0.25, 0.3) is 0 Å². The molecule has 0 aliphatic rings. The lowest BCUT2D eigenvalue weighted by Gasteiger charge is -2.08. The van der Waals surface area contributed by atoms with Crippen LogP contribution >= 0.6 is 0 Å². The van der Waals surface area contributed by atoms with Gasteiger partial charge >= 0.3 is 0 Å². The third kappa shape index (κ3) is 2.81. The molecule has 19 heavy (non-hydrogen) atoms. The monoisotopic (exact) mass is 260 g/mol. The van der Waals surface area contributed by atoms with Gasteiger partial charge in [0.05, 0.1) is 23.7 Å². The molecule has 0 bridgehead atoms. The van der Waals surface area contributed by atoms with Crippen LogP contribution in [0.3, 0.4) is 0 Å². The van der Waals surface area contributed by atoms with E-state index < -0.39 is 6.10 Å². The minimum absolute atomic E-state index is 0.498. The molecular formula is C14H20N4O. The summed E-state index contributed by atoms with van der Waals surface area (Å²) in [6.07, 6.45) is 3.55. The number of aliphatic hydroxyl groups is 1. The molecule has 0 aromatic carbocycles. The maximum absolute atomic E-state index is 9.74. The van der Waals surface area contributed by atoms with Crippen molar-refractivity contribution in [3.05, 3.63) is 35.7 Å². The summed E-state index contributed by atoms with van der Waals surface area (Å²) in [7, 11) is 0. The average Bonchev–Trinajstić information content (AvgIpc) is 2.90. The lowest BCUT2D eigenvalue weighted by atomic mass is 10.2. The maximum Gasteiger partial charge on any atom is 0.151 e. The molecule has 0 unspecified atom stereocenters. The first kappa shape index (κ1) is 13.7. The molecule has 0 saturated heterocycles. The summed E-state index contributed by atoms with van der Waals surface area (Å²) in [4.78, 5) is 8.77. The fourth-order valence-corrected chi connectivity index (χ4v) is 1.91. The van der Waals surface area contributed by atoms with Crippen molar-refractivity contribution in [2.45, 2.75) is 46.1 Å². The molecule has 0 spiro atoms. The molecule has 0 fully saturated rings. The van der Waals surface area contributed by atoms with Gasteiger partial charge in [-0.3, -0.25) is 4.98 Å². The normalized spacial score (nSPS) is 12.6. The predicted octanol–water partition coefficient (Wildman–Crippen LogP) is 2.23. The van der Waals surface area contributed by atoms with Crippen molar-refractivity contribution in [2.75, 3.05) is 0 Å². The first-order valence-corrected chi connectivity index (χ1v) is 6.78. The van der Waals surface area contributed by atoms with Gasteiger partial charge in [0.15, 0.2) is 5.82 Å². The van der Waals surface area contributed by atoms with Crippen LogP contribution in [0.15, 0.2) is 18.3 Å². The van der Waals surface area contributed by atoms with Crippen LogP contribution in [0.1, 0.15) is 50.6 Å². The Labute approximate surface area is 113 Å². The molecule has 2 rings (SSSR count). The summed E-state index contributed by atoms with van der Waals surface area (Å²) in [6, 6.07) is 3.77. The van der Waals surface area contributed by atoms with Gasteiger partial charge in [-0.1, -0.05) is 20.8 Å². The minimum Gasteiger partial charge on any atom is -0.387 e. The number of rotatable bonds is 5. The zero-order valence-corrected chi connectivity index (χ0v) is 11.7. The molecule has 0 aliphatic heterocycles. The highest BCUT2D eigenvalue weighted by Gasteiger charge is 2.11. The molecule has 5 nitrogen and oxygen atoms in total. The second-order valence-corrected chi connectivity index (χ2v) is 4.43. The summed E-state index contributed by atoms with van der Waals surface area (Å²) in [5.74, 6) is 1.77. The molecule has 2 aromatic heterocycles. The molecule has 0 radical (unpaired) electrons. The number of pyridine rings is 1. The van der Waals surface area contributed by atoms with Crippen molar-refractivity contribution in [2.24, 2.45) is 0 Å². The lowest BCUT2D eigenvalue weighted by Crippen LogP contribution is -2.05. The topological polar surface area (TPSA) is 63.8 Å². The minimum atomic E-state index is -0.498. The first-order valence-electron chi connectivity index (χ1n) is 6.78. The molecular weight excluding hydrogens is 240 g/mol. The van der Waals surface area contributed by atoms with E-state index in [0.717, 1.165) is 30.2 Å². The fraction of sp³-hybridized carbons (Fsp3) is 0.500. The van der Waals surface area contributed by atoms with Crippen LogP contribution in [0.4, 0.5) is 0 Å². The highest BCUT2D eigenvalue weighted by Crippen LogP contribution is 2.16. The van der Waals surface area contributed by atoms with E-state index in [9.17, 15) is 5.11 Å². The second-order valence-electron chi connectivity index (χ2n) is 4.43. The number of hydrogen-bond acceptors (Lipinski definition) is 4. The van der Waals surface area contributed by atoms with E-state index in [1.807, 2.05) is 30.7 Å². The molecule has 102 valence electrons. The molecule has 1 N–H and O–H groups in total. The van der Waals surface area contributed by atoms with E-state index >= 15 is 0 Å². The van der Waals surface area contributed by atoms with Crippen molar-refractivity contribution in [3.63, 3.8) is 0 Å². The molecule has 2 heterocycles. The smallest absolute Gasteiger partial charge is 0.151 e. The van der Waals surface area contributed by atoms with Gasteiger partial charge in [0.1, 0.15) is 5.82 Å². The first-order chi connectivity index (χ1) is 9.19. The van der Waals surface area contributed by atoms with Gasteiger partial charge in [0, 0.05) is 12.8 Å². The highest BCUT2D eigenvalue weighted by molar-refractivity contribution is 5.30. The number of nitrogens with zero attached hydrogens (tertiary/aromatic N) is 4. The molecule has 0 amide bonds. The van der Waals surface area contributed by atoms with Crippen LogP contribution < -0.4 is 0 Å². The fourth-order valence-electron chi connectivity index (χ4n) is 1.91. The standard InChI is InChI=1S/C14H20N4O/c1-4-12(19)11-8-7-10(9-15-11)18-14(6-3)16-13(5-2)17-18/h7-9,12,19H,4-6H2,1-3H3/t12-/m1/s1. The SMILES string of the molecule is CCc1nc(CC)n(-c2ccc([C@H](O)CC)nc2)n1. The Morgan fingerprint density at radius 1 is 1.21 bits per heavy atom. The van der Waals surface area contributed by atoms with Crippen molar-refractivity contribution < 1.29 is 5.11 Å². The number of hydrogen-bond donors (Lipinski definition) is 1. The third-order valence-corrected chi connectivity index (χ3v) is 3.09. The quantitative estimate of drug-likeness (QED) is 0.895. The Hall–Kier alpha value is -1.75. The second kappa shape index (κ2) is 5.93. The van der Waals surface area contributed by atoms with Crippen LogP contribution in [0.5, 0.6) is 0 Å². The van der Waals surface area contributed by atoms with Crippen molar-refractivity contribution in [1.82, 2.24) is 19.7 Å². The van der Waals surface area contributed by atoms with Crippen molar-refractivity contribution >= 4 is 0 Å². The van der Waals surface area contributed by atoms with E-state index in [0.29, 0.717) is 12.1 Å². The summed E-state index contributed by atoms with van der Waals surface area (Å²) in [5, 5.41) is 14.2. The summed E-state index contributed by atoms with van der Waals surface area (Å²) >= 11 is 0. The van der Waals surface area contributed by atoms with Gasteiger partial charge in [-0.05, 0) is 18.6 Å². The Bertz CT molecular complexity index is 533. The van der Waals surface area contributed by atoms with E-state index in [-0.39, 0.29) is 0 Å². The van der Waals surface area contributed by atoms with Crippen LogP contribution in [0.2, 0.25) is 0 Å². The predicted molar refractivity (Wildman–Crippen MR) is 73.2 cm³/mol. The molecule has 0 saturated carbocycles. The summed E-state index contributed by atoms with van der Waals surface area (Å²) in [5.41, 5.74) is 1.58. The van der Waals surface area contributed by atoms with Crippen LogP contribution in [0.25, 0.3) is 5.69 Å². The van der Waals surface area contributed by atoms with Crippen LogP contribution in [-0.2, 0) is 12.8 Å². The van der Waals surface area contributed by atoms with Gasteiger partial charge in [-0.2, -0.15) is 5.10 Å². The number of aryl methyl sites for hydroxylation is 2. The zero-order chi connectivity index (χ0) is 13.8. The van der Waals surface area contributed by atoms with Gasteiger partial charge in [-0.15, -0.1) is 0 Å². The molecule has 0 aliphatic carbocycles. The average molecular weight is 260 g/mol. The van der Waals surface area contributed by atoms with Crippen LogP contribution in [0, 0.1) is 0 Å². The maximum atomic E-state index is 9.74. The van der Waals surface area contributed by atoms with Gasteiger partial charge in [0.2, 0.25) is 0 Å². The third-order valence-electron chi connectivity index (χ3n) is 3.09. The molecule has 1 atom stereocenters.